The van der Waals surface area contributed by atoms with Crippen LogP contribution < -0.4 is 10.3 Å². The predicted octanol–water partition coefficient (Wildman–Crippen LogP) is 2.61. The fourth-order valence-electron chi connectivity index (χ4n) is 2.55. The van der Waals surface area contributed by atoms with Gasteiger partial charge in [0.1, 0.15) is 12.4 Å². The molecule has 0 aliphatic heterocycles. The van der Waals surface area contributed by atoms with Crippen LogP contribution in [0.3, 0.4) is 0 Å². The average Bonchev–Trinajstić information content (AvgIpc) is 3.10. The molecule has 0 saturated carbocycles. The number of aromatic amines is 1. The highest BCUT2D eigenvalue weighted by atomic mass is 16.5. The van der Waals surface area contributed by atoms with Crippen LogP contribution in [0.2, 0.25) is 0 Å². The Morgan fingerprint density at radius 2 is 2.16 bits per heavy atom. The lowest BCUT2D eigenvalue weighted by atomic mass is 10.1. The Bertz CT molecular complexity index is 943. The first-order chi connectivity index (χ1) is 12.1. The molecule has 3 rings (SSSR count). The van der Waals surface area contributed by atoms with Gasteiger partial charge in [0.25, 0.3) is 0 Å². The average molecular weight is 338 g/mol. The lowest BCUT2D eigenvalue weighted by molar-refractivity contribution is 0.111. The molecule has 7 nitrogen and oxygen atoms in total. The van der Waals surface area contributed by atoms with Gasteiger partial charge in [0.15, 0.2) is 6.29 Å². The van der Waals surface area contributed by atoms with E-state index in [9.17, 15) is 9.59 Å². The van der Waals surface area contributed by atoms with Crippen molar-refractivity contribution in [2.24, 2.45) is 0 Å². The van der Waals surface area contributed by atoms with Crippen LogP contribution in [0.15, 0.2) is 47.7 Å². The predicted molar refractivity (Wildman–Crippen MR) is 92.6 cm³/mol. The van der Waals surface area contributed by atoms with E-state index in [2.05, 4.69) is 15.1 Å². The van der Waals surface area contributed by atoms with Crippen molar-refractivity contribution in [3.8, 4) is 17.1 Å². The monoisotopic (exact) mass is 338 g/mol. The van der Waals surface area contributed by atoms with Crippen molar-refractivity contribution in [3.63, 3.8) is 0 Å². The summed E-state index contributed by atoms with van der Waals surface area (Å²) in [6, 6.07) is 7.04. The number of ether oxygens (including phenoxy) is 1. The Hall–Kier alpha value is -3.22. The number of rotatable bonds is 6. The summed E-state index contributed by atoms with van der Waals surface area (Å²) >= 11 is 0. The van der Waals surface area contributed by atoms with E-state index in [0.29, 0.717) is 12.0 Å². The van der Waals surface area contributed by atoms with Crippen LogP contribution in [-0.4, -0.2) is 26.0 Å². The van der Waals surface area contributed by atoms with E-state index >= 15 is 0 Å². The number of nitrogens with zero attached hydrogens (tertiary/aromatic N) is 3. The summed E-state index contributed by atoms with van der Waals surface area (Å²) < 4.78 is 7.63. The molecular weight excluding hydrogens is 320 g/mol. The largest absolute Gasteiger partial charge is 0.487 e. The molecule has 25 heavy (non-hydrogen) atoms. The van der Waals surface area contributed by atoms with Crippen molar-refractivity contribution < 1.29 is 9.53 Å². The quantitative estimate of drug-likeness (QED) is 0.698. The van der Waals surface area contributed by atoms with E-state index in [0.717, 1.165) is 17.0 Å². The normalized spacial score (nSPS) is 10.8. The van der Waals surface area contributed by atoms with Gasteiger partial charge in [-0.2, -0.15) is 5.10 Å². The van der Waals surface area contributed by atoms with Crippen molar-refractivity contribution >= 4 is 6.29 Å². The summed E-state index contributed by atoms with van der Waals surface area (Å²) in [6.07, 6.45) is 5.44. The zero-order chi connectivity index (χ0) is 17.8. The molecule has 0 atom stereocenters. The molecule has 0 spiro atoms. The number of hydrogen-bond acceptors (Lipinski definition) is 5. The van der Waals surface area contributed by atoms with Gasteiger partial charge >= 0.3 is 0 Å². The second-order valence-electron chi connectivity index (χ2n) is 5.79. The van der Waals surface area contributed by atoms with Crippen LogP contribution in [0.5, 0.6) is 5.75 Å². The van der Waals surface area contributed by atoms with Gasteiger partial charge in [0.05, 0.1) is 17.0 Å². The number of H-pyrrole nitrogens is 1. The number of pyridine rings is 2. The van der Waals surface area contributed by atoms with Crippen LogP contribution in [0.25, 0.3) is 11.4 Å². The first kappa shape index (κ1) is 16.6. The first-order valence-electron chi connectivity index (χ1n) is 7.88. The smallest absolute Gasteiger partial charge is 0.248 e. The van der Waals surface area contributed by atoms with Crippen LogP contribution in [0, 0.1) is 0 Å². The molecule has 0 amide bonds. The van der Waals surface area contributed by atoms with Gasteiger partial charge in [0, 0.05) is 36.3 Å². The summed E-state index contributed by atoms with van der Waals surface area (Å²) in [5.41, 5.74) is 2.38. The molecule has 0 aromatic carbocycles. The summed E-state index contributed by atoms with van der Waals surface area (Å²) in [6.45, 7) is 4.30. The standard InChI is InChI=1S/C18H18N4O3/c1-12(2)22-15(5-7-21-22)18-13(4-3-6-19-18)11-25-16-9-20-17(24)8-14(16)10-23/h3-10,12H,11H2,1-2H3,(H,20,24). The number of aromatic nitrogens is 4. The second kappa shape index (κ2) is 7.12. The second-order valence-corrected chi connectivity index (χ2v) is 5.79. The van der Waals surface area contributed by atoms with Gasteiger partial charge in [-0.05, 0) is 26.0 Å². The number of carbonyl (C=O) groups is 1. The maximum Gasteiger partial charge on any atom is 0.248 e. The molecule has 0 saturated heterocycles. The summed E-state index contributed by atoms with van der Waals surface area (Å²) in [5, 5.41) is 4.34. The van der Waals surface area contributed by atoms with Crippen molar-refractivity contribution in [1.29, 1.82) is 0 Å². The number of carbonyl (C=O) groups excluding carboxylic acids is 1. The molecule has 0 unspecified atom stereocenters. The van der Waals surface area contributed by atoms with Crippen molar-refractivity contribution in [3.05, 3.63) is 64.3 Å². The molecule has 128 valence electrons. The van der Waals surface area contributed by atoms with E-state index in [1.165, 1.54) is 12.3 Å². The first-order valence-corrected chi connectivity index (χ1v) is 7.88. The van der Waals surface area contributed by atoms with Crippen LogP contribution in [-0.2, 0) is 6.61 Å². The molecule has 0 fully saturated rings. The van der Waals surface area contributed by atoms with Gasteiger partial charge in [-0.25, -0.2) is 0 Å². The molecule has 7 heteroatoms. The molecule has 0 aliphatic carbocycles. The van der Waals surface area contributed by atoms with Gasteiger partial charge in [-0.3, -0.25) is 19.3 Å². The van der Waals surface area contributed by atoms with Gasteiger partial charge in [-0.15, -0.1) is 0 Å². The maximum absolute atomic E-state index is 11.3. The van der Waals surface area contributed by atoms with E-state index in [-0.39, 0.29) is 23.8 Å². The third-order valence-electron chi connectivity index (χ3n) is 3.72. The molecule has 0 bridgehead atoms. The lowest BCUT2D eigenvalue weighted by Gasteiger charge is -2.14. The van der Waals surface area contributed by atoms with Crippen LogP contribution in [0.4, 0.5) is 0 Å². The van der Waals surface area contributed by atoms with E-state index in [4.69, 9.17) is 4.74 Å². The number of hydrogen-bond donors (Lipinski definition) is 1. The lowest BCUT2D eigenvalue weighted by Crippen LogP contribution is -2.09. The Balaban J connectivity index is 1.91. The van der Waals surface area contributed by atoms with Gasteiger partial charge < -0.3 is 9.72 Å². The van der Waals surface area contributed by atoms with Crippen LogP contribution >= 0.6 is 0 Å². The number of nitrogens with one attached hydrogen (secondary N) is 1. The van der Waals surface area contributed by atoms with E-state index in [1.54, 1.807) is 12.4 Å². The SMILES string of the molecule is CC(C)n1nccc1-c1ncccc1COc1c[nH]c(=O)cc1C=O. The molecule has 1 N–H and O–H groups in total. The van der Waals surface area contributed by atoms with E-state index in [1.807, 2.05) is 36.7 Å². The fraction of sp³-hybridized carbons (Fsp3) is 0.222. The molecule has 3 heterocycles. The Morgan fingerprint density at radius 1 is 1.32 bits per heavy atom. The molecule has 3 aromatic rings. The Morgan fingerprint density at radius 3 is 2.92 bits per heavy atom. The Kier molecular flexibility index (Phi) is 4.74. The zero-order valence-corrected chi connectivity index (χ0v) is 14.0. The van der Waals surface area contributed by atoms with Gasteiger partial charge in [0.2, 0.25) is 5.56 Å². The molecular formula is C18H18N4O3. The zero-order valence-electron chi connectivity index (χ0n) is 14.0. The number of aldehydes is 1. The minimum atomic E-state index is -0.350. The van der Waals surface area contributed by atoms with Crippen molar-refractivity contribution in [1.82, 2.24) is 19.7 Å². The van der Waals surface area contributed by atoms with Crippen molar-refractivity contribution in [2.75, 3.05) is 0 Å². The maximum atomic E-state index is 11.3. The van der Waals surface area contributed by atoms with E-state index < -0.39 is 0 Å². The van der Waals surface area contributed by atoms with Gasteiger partial charge in [-0.1, -0.05) is 6.07 Å². The van der Waals surface area contributed by atoms with Crippen LogP contribution in [0.1, 0.15) is 35.8 Å². The van der Waals surface area contributed by atoms with Crippen molar-refractivity contribution in [2.45, 2.75) is 26.5 Å². The summed E-state index contributed by atoms with van der Waals surface area (Å²) in [7, 11) is 0. The Labute approximate surface area is 144 Å². The minimum absolute atomic E-state index is 0.196. The highest BCUT2D eigenvalue weighted by Gasteiger charge is 2.14. The molecule has 3 aromatic heterocycles. The molecule has 0 aliphatic rings. The third kappa shape index (κ3) is 3.50. The highest BCUT2D eigenvalue weighted by molar-refractivity contribution is 5.78. The summed E-state index contributed by atoms with van der Waals surface area (Å²) in [5.74, 6) is 0.321. The summed E-state index contributed by atoms with van der Waals surface area (Å²) in [4.78, 5) is 29.4. The fourth-order valence-corrected chi connectivity index (χ4v) is 2.55. The molecule has 0 radical (unpaired) electrons. The topological polar surface area (TPSA) is 89.9 Å². The highest BCUT2D eigenvalue weighted by Crippen LogP contribution is 2.25. The third-order valence-corrected chi connectivity index (χ3v) is 3.72. The minimum Gasteiger partial charge on any atom is -0.487 e.